The van der Waals surface area contributed by atoms with Crippen LogP contribution in [-0.2, 0) is 13.2 Å². The van der Waals surface area contributed by atoms with Gasteiger partial charge in [0.15, 0.2) is 0 Å². The van der Waals surface area contributed by atoms with Crippen molar-refractivity contribution in [3.8, 4) is 5.75 Å². The van der Waals surface area contributed by atoms with E-state index in [0.29, 0.717) is 22.9 Å². The maximum absolute atomic E-state index is 12.9. The van der Waals surface area contributed by atoms with E-state index in [4.69, 9.17) is 16.3 Å². The van der Waals surface area contributed by atoms with Gasteiger partial charge in [-0.2, -0.15) is 0 Å². The lowest BCUT2D eigenvalue weighted by atomic mass is 10.1. The minimum atomic E-state index is 0.0859. The molecule has 0 radical (unpaired) electrons. The molecule has 1 saturated heterocycles. The molecule has 4 rings (SSSR count). The van der Waals surface area contributed by atoms with Crippen LogP contribution in [0.3, 0.4) is 0 Å². The topological polar surface area (TPSA) is 32.8 Å². The number of hydrogen-bond donors (Lipinski definition) is 0. The molecule has 4 nitrogen and oxygen atoms in total. The molecule has 0 atom stereocenters. The Morgan fingerprint density at radius 3 is 2.29 bits per heavy atom. The minimum Gasteiger partial charge on any atom is -0.487 e. The van der Waals surface area contributed by atoms with Crippen LogP contribution >= 0.6 is 27.5 Å². The summed E-state index contributed by atoms with van der Waals surface area (Å²) in [6.45, 7) is 4.60. The van der Waals surface area contributed by atoms with Crippen molar-refractivity contribution in [1.82, 2.24) is 9.80 Å². The lowest BCUT2D eigenvalue weighted by Crippen LogP contribution is -2.48. The van der Waals surface area contributed by atoms with Crippen LogP contribution in [-0.4, -0.2) is 41.9 Å². The number of hydrogen-bond acceptors (Lipinski definition) is 3. The average molecular weight is 500 g/mol. The van der Waals surface area contributed by atoms with Gasteiger partial charge in [-0.05, 0) is 41.5 Å². The fourth-order valence-electron chi connectivity index (χ4n) is 3.63. The van der Waals surface area contributed by atoms with Gasteiger partial charge in [-0.1, -0.05) is 70.0 Å². The lowest BCUT2D eigenvalue weighted by Gasteiger charge is -2.34. The largest absolute Gasteiger partial charge is 0.487 e. The van der Waals surface area contributed by atoms with Crippen LogP contribution in [0.5, 0.6) is 5.75 Å². The van der Waals surface area contributed by atoms with Crippen LogP contribution < -0.4 is 4.74 Å². The van der Waals surface area contributed by atoms with E-state index >= 15 is 0 Å². The third-order valence-corrected chi connectivity index (χ3v) is 6.19. The van der Waals surface area contributed by atoms with E-state index in [1.807, 2.05) is 47.4 Å². The van der Waals surface area contributed by atoms with Crippen molar-refractivity contribution in [2.45, 2.75) is 13.2 Å². The molecule has 0 bridgehead atoms. The molecular weight excluding hydrogens is 476 g/mol. The first-order chi connectivity index (χ1) is 15.1. The highest BCUT2D eigenvalue weighted by Gasteiger charge is 2.22. The Kier molecular flexibility index (Phi) is 7.28. The highest BCUT2D eigenvalue weighted by molar-refractivity contribution is 9.10. The first-order valence-corrected chi connectivity index (χ1v) is 11.5. The van der Waals surface area contributed by atoms with E-state index in [-0.39, 0.29) is 5.91 Å². The summed E-state index contributed by atoms with van der Waals surface area (Å²) in [5.41, 5.74) is 3.01. The average Bonchev–Trinajstić information content (AvgIpc) is 2.80. The van der Waals surface area contributed by atoms with Crippen molar-refractivity contribution < 1.29 is 9.53 Å². The zero-order valence-corrected chi connectivity index (χ0v) is 19.5. The van der Waals surface area contributed by atoms with E-state index in [0.717, 1.165) is 42.8 Å². The summed E-state index contributed by atoms with van der Waals surface area (Å²) in [5, 5.41) is 0.563. The predicted octanol–water partition coefficient (Wildman–Crippen LogP) is 5.64. The van der Waals surface area contributed by atoms with Gasteiger partial charge in [0.1, 0.15) is 12.4 Å². The van der Waals surface area contributed by atoms with Gasteiger partial charge in [-0.15, -0.1) is 0 Å². The summed E-state index contributed by atoms with van der Waals surface area (Å²) in [6.07, 6.45) is 0. The molecule has 1 fully saturated rings. The summed E-state index contributed by atoms with van der Waals surface area (Å²) in [4.78, 5) is 17.2. The molecule has 1 aliphatic rings. The molecule has 0 aromatic heterocycles. The summed E-state index contributed by atoms with van der Waals surface area (Å²) in [5.74, 6) is 0.723. The minimum absolute atomic E-state index is 0.0859. The molecule has 31 heavy (non-hydrogen) atoms. The van der Waals surface area contributed by atoms with Crippen LogP contribution in [0, 0.1) is 0 Å². The van der Waals surface area contributed by atoms with E-state index in [2.05, 4.69) is 45.1 Å². The smallest absolute Gasteiger partial charge is 0.253 e. The molecule has 0 spiro atoms. The van der Waals surface area contributed by atoms with Crippen molar-refractivity contribution in [3.63, 3.8) is 0 Å². The summed E-state index contributed by atoms with van der Waals surface area (Å²) < 4.78 is 6.71. The second-order valence-electron chi connectivity index (χ2n) is 7.61. The van der Waals surface area contributed by atoms with Crippen LogP contribution in [0.25, 0.3) is 0 Å². The Morgan fingerprint density at radius 2 is 1.61 bits per heavy atom. The van der Waals surface area contributed by atoms with Gasteiger partial charge in [0.25, 0.3) is 5.91 Å². The molecule has 3 aromatic rings. The van der Waals surface area contributed by atoms with Gasteiger partial charge in [-0.25, -0.2) is 0 Å². The molecular formula is C25H24BrClN2O2. The molecule has 1 amide bonds. The van der Waals surface area contributed by atoms with E-state index in [1.54, 1.807) is 6.07 Å². The Hall–Kier alpha value is -2.34. The van der Waals surface area contributed by atoms with Gasteiger partial charge in [0, 0.05) is 42.8 Å². The SMILES string of the molecule is O=C(c1ccc(COc2ccc(Br)cc2Cl)cc1)N1CCN(Cc2ccccc2)CC1. The summed E-state index contributed by atoms with van der Waals surface area (Å²) in [6, 6.07) is 23.6. The number of amides is 1. The van der Waals surface area contributed by atoms with E-state index in [1.165, 1.54) is 5.56 Å². The molecule has 3 aromatic carbocycles. The summed E-state index contributed by atoms with van der Waals surface area (Å²) in [7, 11) is 0. The summed E-state index contributed by atoms with van der Waals surface area (Å²) >= 11 is 9.58. The van der Waals surface area contributed by atoms with Crippen molar-refractivity contribution >= 4 is 33.4 Å². The predicted molar refractivity (Wildman–Crippen MR) is 128 cm³/mol. The third kappa shape index (κ3) is 5.88. The van der Waals surface area contributed by atoms with E-state index in [9.17, 15) is 4.79 Å². The Morgan fingerprint density at radius 1 is 0.903 bits per heavy atom. The van der Waals surface area contributed by atoms with Crippen molar-refractivity contribution in [2.75, 3.05) is 26.2 Å². The second-order valence-corrected chi connectivity index (χ2v) is 8.94. The molecule has 0 aliphatic carbocycles. The number of piperazine rings is 1. The zero-order valence-electron chi connectivity index (χ0n) is 17.1. The Bertz CT molecular complexity index is 1020. The van der Waals surface area contributed by atoms with Crippen LogP contribution in [0.2, 0.25) is 5.02 Å². The zero-order chi connectivity index (χ0) is 21.6. The van der Waals surface area contributed by atoms with Gasteiger partial charge in [0.05, 0.1) is 5.02 Å². The van der Waals surface area contributed by atoms with Crippen LogP contribution in [0.4, 0.5) is 0 Å². The van der Waals surface area contributed by atoms with Crippen molar-refractivity contribution in [2.24, 2.45) is 0 Å². The standard InChI is InChI=1S/C25H24BrClN2O2/c26-22-10-11-24(23(27)16-22)31-18-20-6-8-21(9-7-20)25(30)29-14-12-28(13-15-29)17-19-4-2-1-3-5-19/h1-11,16H,12-15,17-18H2. The maximum Gasteiger partial charge on any atom is 0.253 e. The van der Waals surface area contributed by atoms with Crippen molar-refractivity contribution in [3.05, 3.63) is 99.0 Å². The van der Waals surface area contributed by atoms with Gasteiger partial charge in [0.2, 0.25) is 0 Å². The van der Waals surface area contributed by atoms with Crippen molar-refractivity contribution in [1.29, 1.82) is 0 Å². The Balaban J connectivity index is 1.28. The first-order valence-electron chi connectivity index (χ1n) is 10.3. The fourth-order valence-corrected chi connectivity index (χ4v) is 4.36. The number of nitrogens with zero attached hydrogens (tertiary/aromatic N) is 2. The number of halogens is 2. The number of ether oxygens (including phenoxy) is 1. The van der Waals surface area contributed by atoms with Crippen LogP contribution in [0.15, 0.2) is 77.3 Å². The molecule has 160 valence electrons. The van der Waals surface area contributed by atoms with Gasteiger partial charge in [-0.3, -0.25) is 9.69 Å². The number of carbonyl (C=O) groups excluding carboxylic acids is 1. The molecule has 0 unspecified atom stereocenters. The molecule has 0 N–H and O–H groups in total. The quantitative estimate of drug-likeness (QED) is 0.440. The molecule has 1 aliphatic heterocycles. The highest BCUT2D eigenvalue weighted by Crippen LogP contribution is 2.28. The normalized spacial score (nSPS) is 14.5. The third-order valence-electron chi connectivity index (χ3n) is 5.40. The highest BCUT2D eigenvalue weighted by atomic mass is 79.9. The maximum atomic E-state index is 12.9. The van der Waals surface area contributed by atoms with Gasteiger partial charge >= 0.3 is 0 Å². The second kappa shape index (κ2) is 10.3. The van der Waals surface area contributed by atoms with Gasteiger partial charge < -0.3 is 9.64 Å². The van der Waals surface area contributed by atoms with E-state index < -0.39 is 0 Å². The lowest BCUT2D eigenvalue weighted by molar-refractivity contribution is 0.0628. The first kappa shape index (κ1) is 21.9. The fraction of sp³-hybridized carbons (Fsp3) is 0.240. The molecule has 1 heterocycles. The molecule has 6 heteroatoms. The number of benzene rings is 3. The van der Waals surface area contributed by atoms with Crippen LogP contribution in [0.1, 0.15) is 21.5 Å². The number of rotatable bonds is 6. The monoisotopic (exact) mass is 498 g/mol. The molecule has 0 saturated carbocycles. The Labute approximate surface area is 196 Å². The number of carbonyl (C=O) groups is 1.